The van der Waals surface area contributed by atoms with Crippen LogP contribution in [-0.4, -0.2) is 30.6 Å². The molecule has 33 heavy (non-hydrogen) atoms. The molecule has 6 nitrogen and oxygen atoms in total. The Labute approximate surface area is 196 Å². The summed E-state index contributed by atoms with van der Waals surface area (Å²) in [5, 5.41) is 15.3. The van der Waals surface area contributed by atoms with Crippen molar-refractivity contribution in [3.8, 4) is 17.2 Å². The summed E-state index contributed by atoms with van der Waals surface area (Å²) in [7, 11) is 0. The summed E-state index contributed by atoms with van der Waals surface area (Å²) in [6.45, 7) is 6.18. The second-order valence-corrected chi connectivity index (χ2v) is 9.00. The maximum absolute atomic E-state index is 12.7. The molecule has 6 heteroatoms. The number of hydrogen-bond donors (Lipinski definition) is 2. The highest BCUT2D eigenvalue weighted by Gasteiger charge is 2.25. The lowest BCUT2D eigenvalue weighted by Crippen LogP contribution is -2.44. The fraction of sp³-hybridized carbons (Fsp3) is 0.444. The predicted molar refractivity (Wildman–Crippen MR) is 130 cm³/mol. The molecule has 0 bridgehead atoms. The number of aryl methyl sites for hydroxylation is 1. The molecule has 2 N–H and O–H groups in total. The van der Waals surface area contributed by atoms with Crippen LogP contribution in [0.4, 0.5) is 5.69 Å². The molecule has 2 unspecified atom stereocenters. The number of nitrogens with zero attached hydrogens (tertiary/aromatic N) is 1. The summed E-state index contributed by atoms with van der Waals surface area (Å²) in [5.74, 6) is 0.133. The number of amides is 2. The molecule has 0 radical (unpaired) electrons. The number of carbonyl (C=O) groups is 2. The predicted octanol–water partition coefficient (Wildman–Crippen LogP) is 4.77. The van der Waals surface area contributed by atoms with Gasteiger partial charge < -0.3 is 15.4 Å². The molecule has 1 aliphatic heterocycles. The van der Waals surface area contributed by atoms with Crippen molar-refractivity contribution in [3.63, 3.8) is 0 Å². The zero-order chi connectivity index (χ0) is 23.8. The van der Waals surface area contributed by atoms with Crippen LogP contribution in [0.1, 0.15) is 50.7 Å². The van der Waals surface area contributed by atoms with Crippen LogP contribution in [0, 0.1) is 24.2 Å². The molecule has 1 heterocycles. The summed E-state index contributed by atoms with van der Waals surface area (Å²) in [6, 6.07) is 15.5. The molecule has 3 atom stereocenters. The molecule has 2 aromatic rings. The van der Waals surface area contributed by atoms with Crippen LogP contribution < -0.4 is 10.6 Å². The van der Waals surface area contributed by atoms with Crippen molar-refractivity contribution in [2.75, 3.05) is 11.9 Å². The first-order valence-corrected chi connectivity index (χ1v) is 11.6. The Morgan fingerprint density at radius 3 is 2.58 bits per heavy atom. The van der Waals surface area contributed by atoms with Crippen molar-refractivity contribution < 1.29 is 14.3 Å². The molecular formula is C27H33N3O3. The Hall–Kier alpha value is -3.17. The third-order valence-electron chi connectivity index (χ3n) is 6.07. The van der Waals surface area contributed by atoms with Gasteiger partial charge in [-0.3, -0.25) is 9.59 Å². The lowest BCUT2D eigenvalue weighted by molar-refractivity contribution is -0.135. The lowest BCUT2D eigenvalue weighted by Gasteiger charge is -2.25. The van der Waals surface area contributed by atoms with E-state index in [1.807, 2.05) is 49.4 Å². The smallest absolute Gasteiger partial charge is 0.250 e. The standard InChI is InChI=1S/C27H33N3O3/c1-18-6-4-5-13-33-26(14-18)27(32)30-24(17-28)15-21-8-11-22(12-9-21)23-10-7-19(2)25(16-23)29-20(3)31/h7-12,16,18,24,26H,4-6,13-15H2,1-3H3,(H,29,31)(H,30,32)/t18?,24?,26-/m0/s1. The number of anilines is 1. The Morgan fingerprint density at radius 2 is 1.88 bits per heavy atom. The SMILES string of the molecule is CC(=O)Nc1cc(-c2ccc(CC(C#N)NC(=O)[C@@H]3CC(C)CCCCO3)cc2)ccc1C. The minimum absolute atomic E-state index is 0.102. The van der Waals surface area contributed by atoms with Crippen LogP contribution in [0.5, 0.6) is 0 Å². The largest absolute Gasteiger partial charge is 0.368 e. The maximum Gasteiger partial charge on any atom is 0.250 e. The normalized spacial score (nSPS) is 19.5. The molecule has 3 rings (SSSR count). The van der Waals surface area contributed by atoms with Crippen LogP contribution >= 0.6 is 0 Å². The van der Waals surface area contributed by atoms with Crippen LogP contribution in [-0.2, 0) is 20.7 Å². The van der Waals surface area contributed by atoms with Crippen molar-refractivity contribution in [2.24, 2.45) is 5.92 Å². The molecule has 1 saturated heterocycles. The molecular weight excluding hydrogens is 414 g/mol. The fourth-order valence-corrected chi connectivity index (χ4v) is 4.14. The average molecular weight is 448 g/mol. The van der Waals surface area contributed by atoms with E-state index >= 15 is 0 Å². The zero-order valence-corrected chi connectivity index (χ0v) is 19.7. The van der Waals surface area contributed by atoms with Gasteiger partial charge in [0, 0.05) is 25.6 Å². The number of nitrogens with one attached hydrogen (secondary N) is 2. The first-order valence-electron chi connectivity index (χ1n) is 11.6. The summed E-state index contributed by atoms with van der Waals surface area (Å²) in [5.41, 5.74) is 4.77. The van der Waals surface area contributed by atoms with Gasteiger partial charge in [0.15, 0.2) is 0 Å². The highest BCUT2D eigenvalue weighted by molar-refractivity contribution is 5.90. The second kappa shape index (κ2) is 11.6. The van der Waals surface area contributed by atoms with Crippen LogP contribution in [0.2, 0.25) is 0 Å². The highest BCUT2D eigenvalue weighted by atomic mass is 16.5. The number of ether oxygens (including phenoxy) is 1. The molecule has 2 aromatic carbocycles. The fourth-order valence-electron chi connectivity index (χ4n) is 4.14. The van der Waals surface area contributed by atoms with E-state index in [9.17, 15) is 14.9 Å². The third kappa shape index (κ3) is 7.16. The summed E-state index contributed by atoms with van der Waals surface area (Å²) in [6.07, 6.45) is 3.83. The maximum atomic E-state index is 12.7. The van der Waals surface area contributed by atoms with Gasteiger partial charge in [0.05, 0.1) is 6.07 Å². The molecule has 2 amide bonds. The molecule has 174 valence electrons. The van der Waals surface area contributed by atoms with Crippen LogP contribution in [0.15, 0.2) is 42.5 Å². The van der Waals surface area contributed by atoms with E-state index in [4.69, 9.17) is 4.74 Å². The highest BCUT2D eigenvalue weighted by Crippen LogP contribution is 2.26. The van der Waals surface area contributed by atoms with Gasteiger partial charge in [0.2, 0.25) is 11.8 Å². The van der Waals surface area contributed by atoms with Crippen molar-refractivity contribution in [3.05, 3.63) is 53.6 Å². The van der Waals surface area contributed by atoms with E-state index in [0.29, 0.717) is 25.4 Å². The quantitative estimate of drug-likeness (QED) is 0.667. The van der Waals surface area contributed by atoms with Crippen molar-refractivity contribution >= 4 is 17.5 Å². The summed E-state index contributed by atoms with van der Waals surface area (Å²) in [4.78, 5) is 24.2. The van der Waals surface area contributed by atoms with E-state index in [2.05, 4.69) is 23.6 Å². The minimum Gasteiger partial charge on any atom is -0.368 e. The van der Waals surface area contributed by atoms with E-state index < -0.39 is 12.1 Å². The molecule has 0 aromatic heterocycles. The van der Waals surface area contributed by atoms with E-state index in [1.165, 1.54) is 6.92 Å². The second-order valence-electron chi connectivity index (χ2n) is 9.00. The number of nitriles is 1. The van der Waals surface area contributed by atoms with Crippen molar-refractivity contribution in [1.82, 2.24) is 5.32 Å². The van der Waals surface area contributed by atoms with Gasteiger partial charge in [0.25, 0.3) is 0 Å². The molecule has 1 aliphatic rings. The molecule has 1 fully saturated rings. The lowest BCUT2D eigenvalue weighted by atomic mass is 9.95. The first-order chi connectivity index (χ1) is 15.9. The van der Waals surface area contributed by atoms with Gasteiger partial charge in [-0.05, 0) is 54.0 Å². The van der Waals surface area contributed by atoms with Gasteiger partial charge in [-0.15, -0.1) is 0 Å². The molecule has 0 saturated carbocycles. The zero-order valence-electron chi connectivity index (χ0n) is 19.7. The Morgan fingerprint density at radius 1 is 1.15 bits per heavy atom. The number of carbonyl (C=O) groups excluding carboxylic acids is 2. The van der Waals surface area contributed by atoms with E-state index in [-0.39, 0.29) is 11.8 Å². The Balaban J connectivity index is 1.64. The third-order valence-corrected chi connectivity index (χ3v) is 6.07. The average Bonchev–Trinajstić information content (AvgIpc) is 2.77. The van der Waals surface area contributed by atoms with E-state index in [0.717, 1.165) is 47.2 Å². The minimum atomic E-state index is -0.613. The molecule has 0 spiro atoms. The first kappa shape index (κ1) is 24.5. The van der Waals surface area contributed by atoms with Crippen LogP contribution in [0.3, 0.4) is 0 Å². The van der Waals surface area contributed by atoms with Gasteiger partial charge in [0.1, 0.15) is 12.1 Å². The Bertz CT molecular complexity index is 1010. The van der Waals surface area contributed by atoms with Gasteiger partial charge in [-0.1, -0.05) is 56.2 Å². The number of hydrogen-bond acceptors (Lipinski definition) is 4. The number of rotatable bonds is 6. The van der Waals surface area contributed by atoms with Crippen LogP contribution in [0.25, 0.3) is 11.1 Å². The van der Waals surface area contributed by atoms with Gasteiger partial charge >= 0.3 is 0 Å². The molecule has 0 aliphatic carbocycles. The summed E-state index contributed by atoms with van der Waals surface area (Å²) >= 11 is 0. The van der Waals surface area contributed by atoms with Gasteiger partial charge in [-0.2, -0.15) is 5.26 Å². The summed E-state index contributed by atoms with van der Waals surface area (Å²) < 4.78 is 5.77. The van der Waals surface area contributed by atoms with Crippen molar-refractivity contribution in [1.29, 1.82) is 5.26 Å². The van der Waals surface area contributed by atoms with Crippen molar-refractivity contribution in [2.45, 2.75) is 65.0 Å². The Kier molecular flexibility index (Phi) is 8.62. The van der Waals surface area contributed by atoms with E-state index in [1.54, 1.807) is 0 Å². The van der Waals surface area contributed by atoms with Gasteiger partial charge in [-0.25, -0.2) is 0 Å². The topological polar surface area (TPSA) is 91.2 Å². The monoisotopic (exact) mass is 447 g/mol. The number of benzene rings is 2.